The van der Waals surface area contributed by atoms with Gasteiger partial charge in [0.05, 0.1) is 31.4 Å². The first-order chi connectivity index (χ1) is 16.8. The lowest BCUT2D eigenvalue weighted by Gasteiger charge is -2.24. The van der Waals surface area contributed by atoms with Gasteiger partial charge >= 0.3 is 0 Å². The third kappa shape index (κ3) is 6.42. The van der Waals surface area contributed by atoms with Gasteiger partial charge in [0.1, 0.15) is 18.1 Å². The highest BCUT2D eigenvalue weighted by molar-refractivity contribution is 7.92. The highest BCUT2D eigenvalue weighted by Crippen LogP contribution is 2.32. The van der Waals surface area contributed by atoms with Crippen LogP contribution in [0.15, 0.2) is 71.6 Å². The Morgan fingerprint density at radius 2 is 1.69 bits per heavy atom. The number of carbonyl (C=O) groups is 1. The summed E-state index contributed by atoms with van der Waals surface area (Å²) in [7, 11) is -1.34. The molecule has 0 aromatic heterocycles. The highest BCUT2D eigenvalue weighted by Gasteiger charge is 2.28. The van der Waals surface area contributed by atoms with Crippen molar-refractivity contribution >= 4 is 21.6 Å². The molecule has 0 heterocycles. The third-order valence-electron chi connectivity index (χ3n) is 5.04. The van der Waals surface area contributed by atoms with E-state index in [0.717, 1.165) is 4.31 Å². The van der Waals surface area contributed by atoms with Crippen LogP contribution in [0, 0.1) is 5.82 Å². The van der Waals surface area contributed by atoms with Crippen LogP contribution >= 0.6 is 0 Å². The van der Waals surface area contributed by atoms with E-state index in [1.165, 1.54) is 50.6 Å². The maximum Gasteiger partial charge on any atom is 0.264 e. The minimum Gasteiger partial charge on any atom is -0.494 e. The van der Waals surface area contributed by atoms with Gasteiger partial charge in [-0.25, -0.2) is 12.8 Å². The molecule has 3 aromatic rings. The standard InChI is InChI=1S/C25H27FN2O6S/c1-4-34-21-10-8-20(9-11-21)28(17-25(29)27-16-18-6-5-7-19(26)14-18)35(30,31)22-12-13-23(32-2)24(15-22)33-3/h5-15H,4,16-17H2,1-3H3,(H,27,29). The molecule has 0 unspecified atom stereocenters. The summed E-state index contributed by atoms with van der Waals surface area (Å²) in [6, 6.07) is 16.3. The number of anilines is 1. The molecule has 0 saturated heterocycles. The van der Waals surface area contributed by atoms with Gasteiger partial charge < -0.3 is 19.5 Å². The molecule has 35 heavy (non-hydrogen) atoms. The molecule has 186 valence electrons. The Labute approximate surface area is 204 Å². The summed E-state index contributed by atoms with van der Waals surface area (Å²) in [6.45, 7) is 1.84. The SMILES string of the molecule is CCOc1ccc(N(CC(=O)NCc2cccc(F)c2)S(=O)(=O)c2ccc(OC)c(OC)c2)cc1. The Morgan fingerprint density at radius 3 is 2.31 bits per heavy atom. The molecule has 1 amide bonds. The molecule has 3 rings (SSSR count). The van der Waals surface area contributed by atoms with Crippen LogP contribution in [0.2, 0.25) is 0 Å². The zero-order valence-electron chi connectivity index (χ0n) is 19.7. The van der Waals surface area contributed by atoms with Crippen molar-refractivity contribution in [2.24, 2.45) is 0 Å². The fourth-order valence-corrected chi connectivity index (χ4v) is 4.77. The van der Waals surface area contributed by atoms with Crippen LogP contribution in [-0.4, -0.2) is 41.7 Å². The summed E-state index contributed by atoms with van der Waals surface area (Å²) in [5.41, 5.74) is 0.817. The van der Waals surface area contributed by atoms with Gasteiger partial charge in [0.2, 0.25) is 5.91 Å². The molecule has 0 spiro atoms. The molecule has 8 nitrogen and oxygen atoms in total. The molecule has 0 aliphatic carbocycles. The summed E-state index contributed by atoms with van der Waals surface area (Å²) < 4.78 is 57.6. The van der Waals surface area contributed by atoms with Gasteiger partial charge in [-0.2, -0.15) is 0 Å². The molecule has 10 heteroatoms. The van der Waals surface area contributed by atoms with Crippen LogP contribution in [0.5, 0.6) is 17.2 Å². The zero-order chi connectivity index (χ0) is 25.4. The molecular formula is C25H27FN2O6S. The molecular weight excluding hydrogens is 475 g/mol. The minimum atomic E-state index is -4.19. The van der Waals surface area contributed by atoms with Crippen molar-refractivity contribution in [3.05, 3.63) is 78.1 Å². The maximum atomic E-state index is 13.6. The summed E-state index contributed by atoms with van der Waals surface area (Å²) >= 11 is 0. The molecule has 3 aromatic carbocycles. The van der Waals surface area contributed by atoms with E-state index in [4.69, 9.17) is 14.2 Å². The van der Waals surface area contributed by atoms with E-state index in [9.17, 15) is 17.6 Å². The van der Waals surface area contributed by atoms with Gasteiger partial charge in [0, 0.05) is 12.6 Å². The number of halogens is 1. The van der Waals surface area contributed by atoms with Gasteiger partial charge in [-0.15, -0.1) is 0 Å². The number of hydrogen-bond acceptors (Lipinski definition) is 6. The van der Waals surface area contributed by atoms with E-state index >= 15 is 0 Å². The molecule has 0 aliphatic heterocycles. The average Bonchev–Trinajstić information content (AvgIpc) is 2.86. The number of methoxy groups -OCH3 is 2. The van der Waals surface area contributed by atoms with Crippen molar-refractivity contribution in [1.29, 1.82) is 0 Å². The predicted octanol–water partition coefficient (Wildman–Crippen LogP) is 3.75. The first-order valence-electron chi connectivity index (χ1n) is 10.8. The molecule has 1 N–H and O–H groups in total. The van der Waals surface area contributed by atoms with E-state index in [-0.39, 0.29) is 22.9 Å². The zero-order valence-corrected chi connectivity index (χ0v) is 20.5. The number of nitrogens with one attached hydrogen (secondary N) is 1. The largest absolute Gasteiger partial charge is 0.494 e. The van der Waals surface area contributed by atoms with Crippen LogP contribution < -0.4 is 23.8 Å². The van der Waals surface area contributed by atoms with Crippen LogP contribution in [0.25, 0.3) is 0 Å². The van der Waals surface area contributed by atoms with Gasteiger partial charge in [0.25, 0.3) is 10.0 Å². The summed E-state index contributed by atoms with van der Waals surface area (Å²) in [4.78, 5) is 12.7. The lowest BCUT2D eigenvalue weighted by Crippen LogP contribution is -2.40. The van der Waals surface area contributed by atoms with Gasteiger partial charge in [-0.1, -0.05) is 12.1 Å². The number of nitrogens with zero attached hydrogens (tertiary/aromatic N) is 1. The van der Waals surface area contributed by atoms with Gasteiger partial charge in [-0.3, -0.25) is 9.10 Å². The summed E-state index contributed by atoms with van der Waals surface area (Å²) in [6.07, 6.45) is 0. The van der Waals surface area contributed by atoms with Gasteiger partial charge in [0.15, 0.2) is 11.5 Å². The van der Waals surface area contributed by atoms with E-state index in [0.29, 0.717) is 23.7 Å². The number of rotatable bonds is 11. The second kappa shape index (κ2) is 11.6. The minimum absolute atomic E-state index is 0.0458. The summed E-state index contributed by atoms with van der Waals surface area (Å²) in [5, 5.41) is 2.64. The first-order valence-corrected chi connectivity index (χ1v) is 12.2. The van der Waals surface area contributed by atoms with Crippen LogP contribution in [0.1, 0.15) is 12.5 Å². The highest BCUT2D eigenvalue weighted by atomic mass is 32.2. The second-order valence-electron chi connectivity index (χ2n) is 7.36. The average molecular weight is 503 g/mol. The lowest BCUT2D eigenvalue weighted by molar-refractivity contribution is -0.119. The van der Waals surface area contributed by atoms with Crippen molar-refractivity contribution in [3.63, 3.8) is 0 Å². The molecule has 0 radical (unpaired) electrons. The fourth-order valence-electron chi connectivity index (χ4n) is 3.33. The fraction of sp³-hybridized carbons (Fsp3) is 0.240. The molecule has 0 bridgehead atoms. The smallest absolute Gasteiger partial charge is 0.264 e. The molecule has 0 saturated carbocycles. The number of hydrogen-bond donors (Lipinski definition) is 1. The molecule has 0 atom stereocenters. The maximum absolute atomic E-state index is 13.6. The number of carbonyl (C=O) groups excluding carboxylic acids is 1. The number of sulfonamides is 1. The van der Waals surface area contributed by atoms with E-state index in [1.54, 1.807) is 30.3 Å². The Morgan fingerprint density at radius 1 is 0.971 bits per heavy atom. The van der Waals surface area contributed by atoms with E-state index in [2.05, 4.69) is 5.32 Å². The monoisotopic (exact) mass is 502 g/mol. The Bertz CT molecular complexity index is 1270. The number of amides is 1. The van der Waals surface area contributed by atoms with Crippen LogP contribution in [-0.2, 0) is 21.4 Å². The number of benzene rings is 3. The van der Waals surface area contributed by atoms with Crippen LogP contribution in [0.4, 0.5) is 10.1 Å². The quantitative estimate of drug-likeness (QED) is 0.429. The number of ether oxygens (including phenoxy) is 3. The third-order valence-corrected chi connectivity index (χ3v) is 6.81. The first kappa shape index (κ1) is 25.8. The van der Waals surface area contributed by atoms with Crippen LogP contribution in [0.3, 0.4) is 0 Å². The van der Waals surface area contributed by atoms with Crippen molar-refractivity contribution in [2.75, 3.05) is 31.7 Å². The molecule has 0 aliphatic rings. The van der Waals surface area contributed by atoms with Crippen molar-refractivity contribution in [2.45, 2.75) is 18.4 Å². The summed E-state index contributed by atoms with van der Waals surface area (Å²) in [5.74, 6) is 0.175. The van der Waals surface area contributed by atoms with E-state index in [1.807, 2.05) is 6.92 Å². The van der Waals surface area contributed by atoms with Gasteiger partial charge in [-0.05, 0) is 61.0 Å². The van der Waals surface area contributed by atoms with Crippen molar-refractivity contribution in [3.8, 4) is 17.2 Å². The Balaban J connectivity index is 1.92. The van der Waals surface area contributed by atoms with Crippen molar-refractivity contribution in [1.82, 2.24) is 5.32 Å². The molecule has 0 fully saturated rings. The van der Waals surface area contributed by atoms with Crippen molar-refractivity contribution < 1.29 is 31.8 Å². The Kier molecular flexibility index (Phi) is 8.53. The predicted molar refractivity (Wildman–Crippen MR) is 130 cm³/mol. The topological polar surface area (TPSA) is 94.2 Å². The normalized spacial score (nSPS) is 11.0. The lowest BCUT2D eigenvalue weighted by atomic mass is 10.2. The Hall–Kier alpha value is -3.79. The van der Waals surface area contributed by atoms with E-state index < -0.39 is 28.3 Å². The second-order valence-corrected chi connectivity index (χ2v) is 9.22.